The number of ether oxygens (including phenoxy) is 1. The molecule has 1 amide bonds. The van der Waals surface area contributed by atoms with Crippen LogP contribution >= 0.6 is 0 Å². The third kappa shape index (κ3) is 3.36. The minimum atomic E-state index is -1.58. The van der Waals surface area contributed by atoms with Crippen molar-refractivity contribution in [3.8, 4) is 5.69 Å². The highest BCUT2D eigenvalue weighted by atomic mass is 16.5. The number of rotatable bonds is 6. The van der Waals surface area contributed by atoms with E-state index in [1.165, 1.54) is 14.0 Å². The van der Waals surface area contributed by atoms with Crippen LogP contribution in [0.4, 0.5) is 0 Å². The zero-order valence-electron chi connectivity index (χ0n) is 15.1. The number of carbonyl (C=O) groups is 2. The molecule has 0 aliphatic heterocycles. The average molecular weight is 369 g/mol. The molecule has 9 nitrogen and oxygen atoms in total. The fourth-order valence-corrected chi connectivity index (χ4v) is 2.81. The highest BCUT2D eigenvalue weighted by Crippen LogP contribution is 2.22. The molecule has 1 atom stereocenters. The lowest BCUT2D eigenvalue weighted by atomic mass is 10.0. The molecule has 0 aliphatic carbocycles. The summed E-state index contributed by atoms with van der Waals surface area (Å²) in [6.45, 7) is 2.88. The number of carboxylic acids is 1. The molecule has 0 bridgehead atoms. The molecule has 3 aromatic rings. The monoisotopic (exact) mass is 369 g/mol. The number of hydrogen-bond acceptors (Lipinski definition) is 6. The van der Waals surface area contributed by atoms with Crippen molar-refractivity contribution in [1.82, 2.24) is 25.3 Å². The summed E-state index contributed by atoms with van der Waals surface area (Å²) < 4.78 is 6.46. The first kappa shape index (κ1) is 18.5. The molecule has 140 valence electrons. The minimum absolute atomic E-state index is 0.0460. The van der Waals surface area contributed by atoms with Gasteiger partial charge in [0.2, 0.25) is 0 Å². The number of hydrogen-bond donors (Lipinski definition) is 2. The molecule has 0 saturated heterocycles. The highest BCUT2D eigenvalue weighted by molar-refractivity contribution is 5.97. The molecule has 9 heteroatoms. The number of carboxylic acid groups (broad SMARTS) is 1. The lowest BCUT2D eigenvalue weighted by molar-refractivity contribution is -0.145. The van der Waals surface area contributed by atoms with Crippen molar-refractivity contribution < 1.29 is 19.4 Å². The van der Waals surface area contributed by atoms with Crippen molar-refractivity contribution in [3.63, 3.8) is 0 Å². The topological polar surface area (TPSA) is 119 Å². The molecule has 0 spiro atoms. The van der Waals surface area contributed by atoms with Gasteiger partial charge in [0.25, 0.3) is 5.91 Å². The summed E-state index contributed by atoms with van der Waals surface area (Å²) in [7, 11) is 1.37. The van der Waals surface area contributed by atoms with Crippen LogP contribution in [0.3, 0.4) is 0 Å². The first-order valence-corrected chi connectivity index (χ1v) is 8.17. The van der Waals surface area contributed by atoms with E-state index in [2.05, 4.69) is 20.6 Å². The maximum atomic E-state index is 12.6. The van der Waals surface area contributed by atoms with Crippen molar-refractivity contribution in [2.75, 3.05) is 13.7 Å². The van der Waals surface area contributed by atoms with Gasteiger partial charge in [-0.05, 0) is 26.0 Å². The fourth-order valence-electron chi connectivity index (χ4n) is 2.81. The lowest BCUT2D eigenvalue weighted by Crippen LogP contribution is -2.55. The summed E-state index contributed by atoms with van der Waals surface area (Å²) in [6.07, 6.45) is 3.41. The Labute approximate surface area is 155 Å². The quantitative estimate of drug-likeness (QED) is 0.673. The number of nitrogens with zero attached hydrogens (tertiary/aromatic N) is 4. The van der Waals surface area contributed by atoms with Gasteiger partial charge in [0, 0.05) is 30.3 Å². The van der Waals surface area contributed by atoms with Gasteiger partial charge in [-0.15, -0.1) is 5.10 Å². The molecular formula is C18H19N5O4. The molecule has 0 aliphatic rings. The van der Waals surface area contributed by atoms with E-state index >= 15 is 0 Å². The molecule has 3 rings (SSSR count). The number of aromatic nitrogens is 4. The van der Waals surface area contributed by atoms with E-state index in [1.54, 1.807) is 24.0 Å². The molecular weight excluding hydrogens is 350 g/mol. The van der Waals surface area contributed by atoms with E-state index in [0.29, 0.717) is 5.69 Å². The second-order valence-electron chi connectivity index (χ2n) is 6.33. The molecule has 1 aromatic carbocycles. The Kier molecular flexibility index (Phi) is 4.87. The lowest BCUT2D eigenvalue weighted by Gasteiger charge is -2.24. The van der Waals surface area contributed by atoms with E-state index in [0.717, 1.165) is 16.5 Å². The Morgan fingerprint density at radius 2 is 2.11 bits per heavy atom. The number of methoxy groups -OCH3 is 1. The molecule has 2 heterocycles. The smallest absolute Gasteiger partial charge is 0.331 e. The Hall–Kier alpha value is -3.33. The number of pyridine rings is 1. The maximum Gasteiger partial charge on any atom is 0.331 e. The largest absolute Gasteiger partial charge is 0.479 e. The van der Waals surface area contributed by atoms with Gasteiger partial charge in [-0.2, -0.15) is 0 Å². The van der Waals surface area contributed by atoms with Crippen molar-refractivity contribution in [1.29, 1.82) is 0 Å². The maximum absolute atomic E-state index is 12.6. The summed E-state index contributed by atoms with van der Waals surface area (Å²) in [4.78, 5) is 28.2. The molecule has 1 unspecified atom stereocenters. The van der Waals surface area contributed by atoms with Crippen molar-refractivity contribution >= 4 is 22.6 Å². The van der Waals surface area contributed by atoms with Gasteiger partial charge in [0.15, 0.2) is 11.2 Å². The number of nitrogens with one attached hydrogen (secondary N) is 1. The summed E-state index contributed by atoms with van der Waals surface area (Å²) in [5, 5.41) is 21.7. The first-order chi connectivity index (χ1) is 12.9. The van der Waals surface area contributed by atoms with Crippen LogP contribution in [0.25, 0.3) is 16.5 Å². The zero-order chi connectivity index (χ0) is 19.6. The molecule has 2 aromatic heterocycles. The van der Waals surface area contributed by atoms with Gasteiger partial charge < -0.3 is 15.2 Å². The minimum Gasteiger partial charge on any atom is -0.479 e. The van der Waals surface area contributed by atoms with E-state index in [9.17, 15) is 14.7 Å². The number of aliphatic carboxylic acids is 1. The van der Waals surface area contributed by atoms with Crippen LogP contribution < -0.4 is 5.32 Å². The number of benzene rings is 1. The van der Waals surface area contributed by atoms with Gasteiger partial charge >= 0.3 is 5.97 Å². The molecule has 0 saturated carbocycles. The van der Waals surface area contributed by atoms with Crippen LogP contribution in [0.15, 0.2) is 36.7 Å². The predicted molar refractivity (Wildman–Crippen MR) is 96.8 cm³/mol. The van der Waals surface area contributed by atoms with Crippen molar-refractivity contribution in [2.45, 2.75) is 19.4 Å². The highest BCUT2D eigenvalue weighted by Gasteiger charge is 2.36. The van der Waals surface area contributed by atoms with Gasteiger partial charge in [-0.3, -0.25) is 9.78 Å². The summed E-state index contributed by atoms with van der Waals surface area (Å²) in [5.74, 6) is -1.84. The molecule has 0 fully saturated rings. The van der Waals surface area contributed by atoms with Crippen LogP contribution in [0.1, 0.15) is 23.1 Å². The average Bonchev–Trinajstić information content (AvgIpc) is 3.02. The fraction of sp³-hybridized carbons (Fsp3) is 0.278. The number of fused-ring (bicyclic) bond motifs is 1. The zero-order valence-corrected chi connectivity index (χ0v) is 15.1. The van der Waals surface area contributed by atoms with Crippen LogP contribution in [-0.2, 0) is 9.53 Å². The Morgan fingerprint density at radius 3 is 2.81 bits per heavy atom. The third-order valence-electron chi connectivity index (χ3n) is 4.29. The van der Waals surface area contributed by atoms with Gasteiger partial charge in [-0.1, -0.05) is 17.3 Å². The third-order valence-corrected chi connectivity index (χ3v) is 4.29. The second kappa shape index (κ2) is 7.12. The number of carbonyl (C=O) groups excluding carboxylic acids is 1. The van der Waals surface area contributed by atoms with Gasteiger partial charge in [0.1, 0.15) is 0 Å². The molecule has 2 N–H and O–H groups in total. The molecule has 27 heavy (non-hydrogen) atoms. The van der Waals surface area contributed by atoms with E-state index in [-0.39, 0.29) is 12.3 Å². The van der Waals surface area contributed by atoms with Crippen molar-refractivity contribution in [2.24, 2.45) is 0 Å². The van der Waals surface area contributed by atoms with Crippen LogP contribution in [0, 0.1) is 6.92 Å². The van der Waals surface area contributed by atoms with E-state index < -0.39 is 17.4 Å². The normalized spacial score (nSPS) is 13.3. The predicted octanol–water partition coefficient (Wildman–Crippen LogP) is 1.34. The van der Waals surface area contributed by atoms with Crippen LogP contribution in [0.2, 0.25) is 0 Å². The van der Waals surface area contributed by atoms with E-state index in [1.807, 2.05) is 24.3 Å². The standard InChI is InChI=1S/C18H19N5O4/c1-11-15(16(24)20-18(2,10-27-3)17(25)26)21-22-23(11)14-6-4-5-12-9-19-8-7-13(12)14/h4-9H,10H2,1-3H3,(H,20,24)(H,25,26). The Balaban J connectivity index is 1.98. The van der Waals surface area contributed by atoms with E-state index in [4.69, 9.17) is 4.74 Å². The Bertz CT molecular complexity index is 1010. The van der Waals surface area contributed by atoms with Crippen LogP contribution in [-0.4, -0.2) is 56.2 Å². The Morgan fingerprint density at radius 1 is 1.33 bits per heavy atom. The van der Waals surface area contributed by atoms with Gasteiger partial charge in [0.05, 0.1) is 18.0 Å². The summed E-state index contributed by atoms with van der Waals surface area (Å²) in [6, 6.07) is 7.50. The SMILES string of the molecule is COCC(C)(NC(=O)c1nnn(-c2cccc3cnccc23)c1C)C(=O)O. The first-order valence-electron chi connectivity index (χ1n) is 8.17. The van der Waals surface area contributed by atoms with Gasteiger partial charge in [-0.25, -0.2) is 9.48 Å². The second-order valence-corrected chi connectivity index (χ2v) is 6.33. The summed E-state index contributed by atoms with van der Waals surface area (Å²) >= 11 is 0. The molecule has 0 radical (unpaired) electrons. The van der Waals surface area contributed by atoms with Crippen LogP contribution in [0.5, 0.6) is 0 Å². The summed E-state index contributed by atoms with van der Waals surface area (Å²) in [5.41, 5.74) is -0.295. The number of amides is 1. The van der Waals surface area contributed by atoms with Crippen molar-refractivity contribution in [3.05, 3.63) is 48.0 Å².